The van der Waals surface area contributed by atoms with Gasteiger partial charge in [0.1, 0.15) is 19.0 Å². The van der Waals surface area contributed by atoms with E-state index in [1.54, 1.807) is 0 Å². The van der Waals surface area contributed by atoms with Gasteiger partial charge in [0.15, 0.2) is 11.5 Å². The van der Waals surface area contributed by atoms with Crippen LogP contribution in [-0.2, 0) is 11.3 Å². The van der Waals surface area contributed by atoms with Crippen molar-refractivity contribution >= 4 is 0 Å². The Balaban J connectivity index is 1.75. The maximum Gasteiger partial charge on any atom is 0.161 e. The Labute approximate surface area is 149 Å². The molecule has 0 aromatic heterocycles. The maximum atomic E-state index is 8.87. The molecule has 5 nitrogen and oxygen atoms in total. The summed E-state index contributed by atoms with van der Waals surface area (Å²) >= 11 is 0. The third kappa shape index (κ3) is 6.64. The van der Waals surface area contributed by atoms with Gasteiger partial charge in [-0.2, -0.15) is 0 Å². The lowest BCUT2D eigenvalue weighted by Gasteiger charge is -2.13. The Morgan fingerprint density at radius 2 is 1.32 bits per heavy atom. The molecule has 0 fully saturated rings. The predicted molar refractivity (Wildman–Crippen MR) is 96.4 cm³/mol. The molecule has 0 bridgehead atoms. The van der Waals surface area contributed by atoms with Gasteiger partial charge in [0.25, 0.3) is 0 Å². The van der Waals surface area contributed by atoms with E-state index in [-0.39, 0.29) is 13.2 Å². The molecule has 0 amide bonds. The van der Waals surface area contributed by atoms with Gasteiger partial charge in [-0.3, -0.25) is 0 Å². The number of hydrogen-bond acceptors (Lipinski definition) is 5. The van der Waals surface area contributed by atoms with Gasteiger partial charge in [-0.1, -0.05) is 37.3 Å². The van der Waals surface area contributed by atoms with E-state index in [0.29, 0.717) is 26.4 Å². The average Bonchev–Trinajstić information content (AvgIpc) is 2.66. The Morgan fingerprint density at radius 1 is 0.720 bits per heavy atom. The lowest BCUT2D eigenvalue weighted by molar-refractivity contribution is 0.0854. The van der Waals surface area contributed by atoms with E-state index < -0.39 is 0 Å². The first-order chi connectivity index (χ1) is 12.3. The minimum atomic E-state index is -0.0114. The highest BCUT2D eigenvalue weighted by molar-refractivity contribution is 5.39. The van der Waals surface area contributed by atoms with E-state index >= 15 is 0 Å². The predicted octanol–water partition coefficient (Wildman–Crippen LogP) is 3.44. The molecule has 0 saturated carbocycles. The largest absolute Gasteiger partial charge is 0.491 e. The minimum absolute atomic E-state index is 0.0114. The quantitative estimate of drug-likeness (QED) is 0.597. The van der Waals surface area contributed by atoms with Gasteiger partial charge in [-0.15, -0.1) is 0 Å². The summed E-state index contributed by atoms with van der Waals surface area (Å²) < 4.78 is 22.6. The van der Waals surface area contributed by atoms with Crippen molar-refractivity contribution in [2.75, 3.05) is 33.0 Å². The lowest BCUT2D eigenvalue weighted by Crippen LogP contribution is -2.09. The molecule has 25 heavy (non-hydrogen) atoms. The van der Waals surface area contributed by atoms with Crippen molar-refractivity contribution in [2.24, 2.45) is 0 Å². The topological polar surface area (TPSA) is 57.2 Å². The van der Waals surface area contributed by atoms with Gasteiger partial charge in [0, 0.05) is 5.56 Å². The Bertz CT molecular complexity index is 561. The summed E-state index contributed by atoms with van der Waals surface area (Å²) in [5, 5.41) is 8.87. The lowest BCUT2D eigenvalue weighted by atomic mass is 10.2. The molecule has 0 spiro atoms. The van der Waals surface area contributed by atoms with Gasteiger partial charge < -0.3 is 24.1 Å². The number of hydrogen-bond donors (Lipinski definition) is 1. The molecule has 0 unspecified atom stereocenters. The third-order valence-corrected chi connectivity index (χ3v) is 3.38. The van der Waals surface area contributed by atoms with Crippen LogP contribution in [0.15, 0.2) is 48.5 Å². The second kappa shape index (κ2) is 11.3. The number of aliphatic hydroxyl groups excluding tert-OH is 1. The third-order valence-electron chi connectivity index (χ3n) is 3.38. The van der Waals surface area contributed by atoms with Crippen LogP contribution in [0.2, 0.25) is 0 Å². The Hall–Kier alpha value is -2.24. The zero-order valence-corrected chi connectivity index (χ0v) is 14.6. The first-order valence-electron chi connectivity index (χ1n) is 8.59. The fourth-order valence-electron chi connectivity index (χ4n) is 2.21. The van der Waals surface area contributed by atoms with Crippen molar-refractivity contribution < 1.29 is 24.1 Å². The van der Waals surface area contributed by atoms with Crippen molar-refractivity contribution in [1.82, 2.24) is 0 Å². The van der Waals surface area contributed by atoms with E-state index in [1.807, 2.05) is 48.5 Å². The normalized spacial score (nSPS) is 10.5. The first-order valence-corrected chi connectivity index (χ1v) is 8.59. The fraction of sp³-hybridized carbons (Fsp3) is 0.400. The number of benzene rings is 2. The van der Waals surface area contributed by atoms with E-state index in [0.717, 1.165) is 29.2 Å². The van der Waals surface area contributed by atoms with Gasteiger partial charge in [0.2, 0.25) is 0 Å². The number of para-hydroxylation sites is 3. The molecule has 1 N–H and O–H groups in total. The van der Waals surface area contributed by atoms with Gasteiger partial charge in [-0.05, 0) is 24.6 Å². The van der Waals surface area contributed by atoms with Crippen molar-refractivity contribution in [3.05, 3.63) is 54.1 Å². The SMILES string of the molecule is CCCOc1ccccc1OCCOCc1ccccc1OCCO. The highest BCUT2D eigenvalue weighted by atomic mass is 16.5. The standard InChI is InChI=1S/C20H26O5/c1-2-12-23-19-9-5-6-10-20(19)25-15-14-22-16-17-7-3-4-8-18(17)24-13-11-21/h3-10,21H,2,11-16H2,1H3. The summed E-state index contributed by atoms with van der Waals surface area (Å²) in [5.74, 6) is 2.22. The van der Waals surface area contributed by atoms with Crippen molar-refractivity contribution in [2.45, 2.75) is 20.0 Å². The summed E-state index contributed by atoms with van der Waals surface area (Å²) in [6.45, 7) is 4.32. The Kier molecular flexibility index (Phi) is 8.66. The monoisotopic (exact) mass is 346 g/mol. The van der Waals surface area contributed by atoms with Crippen molar-refractivity contribution in [3.63, 3.8) is 0 Å². The summed E-state index contributed by atoms with van der Waals surface area (Å²) in [6, 6.07) is 15.3. The molecule has 5 heteroatoms. The van der Waals surface area contributed by atoms with Crippen LogP contribution in [0.5, 0.6) is 17.2 Å². The van der Waals surface area contributed by atoms with E-state index in [9.17, 15) is 0 Å². The van der Waals surface area contributed by atoms with Crippen LogP contribution in [0.25, 0.3) is 0 Å². The van der Waals surface area contributed by atoms with Gasteiger partial charge in [-0.25, -0.2) is 0 Å². The zero-order valence-electron chi connectivity index (χ0n) is 14.6. The van der Waals surface area contributed by atoms with Crippen LogP contribution >= 0.6 is 0 Å². The molecule has 0 aliphatic carbocycles. The van der Waals surface area contributed by atoms with Gasteiger partial charge in [0.05, 0.1) is 26.4 Å². The van der Waals surface area contributed by atoms with Crippen LogP contribution in [0.4, 0.5) is 0 Å². The summed E-state index contributed by atoms with van der Waals surface area (Å²) in [4.78, 5) is 0. The molecule has 2 rings (SSSR count). The number of aliphatic hydroxyl groups is 1. The highest BCUT2D eigenvalue weighted by Crippen LogP contribution is 2.26. The second-order valence-corrected chi connectivity index (χ2v) is 5.38. The molecule has 0 radical (unpaired) electrons. The average molecular weight is 346 g/mol. The number of rotatable bonds is 12. The van der Waals surface area contributed by atoms with Crippen LogP contribution in [0, 0.1) is 0 Å². The minimum Gasteiger partial charge on any atom is -0.491 e. The molecular weight excluding hydrogens is 320 g/mol. The second-order valence-electron chi connectivity index (χ2n) is 5.38. The van der Waals surface area contributed by atoms with Crippen LogP contribution in [0.3, 0.4) is 0 Å². The summed E-state index contributed by atoms with van der Waals surface area (Å²) in [6.07, 6.45) is 0.954. The Morgan fingerprint density at radius 3 is 2.00 bits per heavy atom. The van der Waals surface area contributed by atoms with E-state index in [1.165, 1.54) is 0 Å². The molecule has 0 heterocycles. The van der Waals surface area contributed by atoms with Crippen LogP contribution in [-0.4, -0.2) is 38.1 Å². The van der Waals surface area contributed by atoms with Crippen LogP contribution < -0.4 is 14.2 Å². The number of ether oxygens (including phenoxy) is 4. The molecule has 2 aromatic rings. The summed E-state index contributed by atoms with van der Waals surface area (Å²) in [5.41, 5.74) is 0.947. The van der Waals surface area contributed by atoms with Gasteiger partial charge >= 0.3 is 0 Å². The molecule has 136 valence electrons. The molecule has 0 aliphatic heterocycles. The molecule has 0 aliphatic rings. The highest BCUT2D eigenvalue weighted by Gasteiger charge is 2.05. The maximum absolute atomic E-state index is 8.87. The van der Waals surface area contributed by atoms with Crippen molar-refractivity contribution in [3.8, 4) is 17.2 Å². The molecular formula is C20H26O5. The van der Waals surface area contributed by atoms with E-state index in [2.05, 4.69) is 6.92 Å². The molecule has 0 saturated heterocycles. The van der Waals surface area contributed by atoms with E-state index in [4.69, 9.17) is 24.1 Å². The molecule has 0 atom stereocenters. The summed E-state index contributed by atoms with van der Waals surface area (Å²) in [7, 11) is 0. The van der Waals surface area contributed by atoms with Crippen LogP contribution in [0.1, 0.15) is 18.9 Å². The van der Waals surface area contributed by atoms with Crippen molar-refractivity contribution in [1.29, 1.82) is 0 Å². The smallest absolute Gasteiger partial charge is 0.161 e. The zero-order chi connectivity index (χ0) is 17.7. The first kappa shape index (κ1) is 19.1. The molecule has 2 aromatic carbocycles. The fourth-order valence-corrected chi connectivity index (χ4v) is 2.21.